The Balaban J connectivity index is 2.16. The van der Waals surface area contributed by atoms with Gasteiger partial charge in [-0.25, -0.2) is 13.4 Å². The molecule has 1 amide bonds. The second kappa shape index (κ2) is 4.56. The molecular weight excluding hydrogens is 256 g/mol. The third-order valence-corrected chi connectivity index (χ3v) is 4.62. The average Bonchev–Trinajstić information content (AvgIpc) is 2.77. The maximum absolute atomic E-state index is 12.0. The first kappa shape index (κ1) is 12.8. The highest BCUT2D eigenvalue weighted by molar-refractivity contribution is 7.91. The van der Waals surface area contributed by atoms with Gasteiger partial charge in [0.05, 0.1) is 5.25 Å². The van der Waals surface area contributed by atoms with Crippen molar-refractivity contribution >= 4 is 15.7 Å². The van der Waals surface area contributed by atoms with Gasteiger partial charge in [0.1, 0.15) is 5.75 Å². The van der Waals surface area contributed by atoms with Gasteiger partial charge in [-0.3, -0.25) is 4.79 Å². The molecule has 7 heteroatoms. The van der Waals surface area contributed by atoms with E-state index in [1.807, 2.05) is 0 Å². The lowest BCUT2D eigenvalue weighted by molar-refractivity contribution is 0.0784. The second-order valence-corrected chi connectivity index (χ2v) is 6.69. The van der Waals surface area contributed by atoms with E-state index in [9.17, 15) is 18.3 Å². The summed E-state index contributed by atoms with van der Waals surface area (Å²) in [7, 11) is -3.14. The summed E-state index contributed by atoms with van der Waals surface area (Å²) in [5.74, 6) is -0.621. The van der Waals surface area contributed by atoms with Gasteiger partial charge in [0.15, 0.2) is 15.5 Å². The lowest BCUT2D eigenvalue weighted by atomic mass is 10.3. The summed E-state index contributed by atoms with van der Waals surface area (Å²) in [6.07, 6.45) is 3.01. The van der Waals surface area contributed by atoms with E-state index in [1.54, 1.807) is 0 Å². The van der Waals surface area contributed by atoms with Gasteiger partial charge in [0, 0.05) is 25.5 Å². The normalized spacial score (nSPS) is 20.1. The van der Waals surface area contributed by atoms with Gasteiger partial charge in [0.25, 0.3) is 5.91 Å². The Bertz CT molecular complexity index is 570. The molecule has 2 rings (SSSR count). The van der Waals surface area contributed by atoms with Crippen molar-refractivity contribution in [3.63, 3.8) is 0 Å². The highest BCUT2D eigenvalue weighted by Crippen LogP contribution is 2.21. The Labute approximate surface area is 105 Å². The van der Waals surface area contributed by atoms with Gasteiger partial charge < -0.3 is 10.0 Å². The lowest BCUT2D eigenvalue weighted by Gasteiger charge is -2.15. The lowest BCUT2D eigenvalue weighted by Crippen LogP contribution is -2.32. The van der Waals surface area contributed by atoms with Crippen LogP contribution in [-0.4, -0.2) is 53.9 Å². The zero-order chi connectivity index (χ0) is 13.3. The molecule has 98 valence electrons. The molecule has 1 aromatic rings. The summed E-state index contributed by atoms with van der Waals surface area (Å²) in [5.41, 5.74) is -0.0355. The van der Waals surface area contributed by atoms with E-state index in [0.29, 0.717) is 13.0 Å². The highest BCUT2D eigenvalue weighted by Gasteiger charge is 2.33. The smallest absolute Gasteiger partial charge is 0.276 e. The van der Waals surface area contributed by atoms with Crippen molar-refractivity contribution < 1.29 is 18.3 Å². The number of nitrogens with zero attached hydrogens (tertiary/aromatic N) is 2. The van der Waals surface area contributed by atoms with E-state index in [-0.39, 0.29) is 18.0 Å². The van der Waals surface area contributed by atoms with E-state index in [4.69, 9.17) is 0 Å². The second-order valence-electron chi connectivity index (χ2n) is 4.36. The maximum Gasteiger partial charge on any atom is 0.276 e. The first-order chi connectivity index (χ1) is 8.39. The molecular formula is C11H14N2O4S. The summed E-state index contributed by atoms with van der Waals surface area (Å²) in [4.78, 5) is 17.3. The van der Waals surface area contributed by atoms with Crippen molar-refractivity contribution in [1.82, 2.24) is 9.88 Å². The van der Waals surface area contributed by atoms with Crippen molar-refractivity contribution in [2.24, 2.45) is 0 Å². The van der Waals surface area contributed by atoms with Crippen molar-refractivity contribution in [1.29, 1.82) is 0 Å². The molecule has 0 bridgehead atoms. The molecule has 1 atom stereocenters. The number of carbonyl (C=O) groups is 1. The minimum Gasteiger partial charge on any atom is -0.505 e. The van der Waals surface area contributed by atoms with Crippen LogP contribution in [0.2, 0.25) is 0 Å². The van der Waals surface area contributed by atoms with Crippen LogP contribution in [-0.2, 0) is 9.84 Å². The SMILES string of the molecule is CS(=O)(=O)C1CCN(C(=O)c2ncccc2O)C1. The van der Waals surface area contributed by atoms with Crippen molar-refractivity contribution in [3.8, 4) is 5.75 Å². The molecule has 0 aliphatic carbocycles. The van der Waals surface area contributed by atoms with Crippen molar-refractivity contribution in [2.75, 3.05) is 19.3 Å². The molecule has 2 heterocycles. The summed E-state index contributed by atoms with van der Waals surface area (Å²) < 4.78 is 22.8. The molecule has 1 aliphatic rings. The molecule has 0 saturated carbocycles. The van der Waals surface area contributed by atoms with Crippen LogP contribution in [0.1, 0.15) is 16.9 Å². The zero-order valence-corrected chi connectivity index (χ0v) is 10.7. The van der Waals surface area contributed by atoms with Crippen LogP contribution < -0.4 is 0 Å². The number of hydrogen-bond donors (Lipinski definition) is 1. The quantitative estimate of drug-likeness (QED) is 0.820. The number of aromatic hydroxyl groups is 1. The standard InChI is InChI=1S/C11H14N2O4S/c1-18(16,17)8-4-6-13(7-8)11(15)10-9(14)3-2-5-12-10/h2-3,5,8,14H,4,6-7H2,1H3. The number of carbonyl (C=O) groups excluding carboxylic acids is 1. The van der Waals surface area contributed by atoms with Crippen molar-refractivity contribution in [2.45, 2.75) is 11.7 Å². The summed E-state index contributed by atoms with van der Waals surface area (Å²) in [6, 6.07) is 2.90. The minimum absolute atomic E-state index is 0.0355. The number of aromatic nitrogens is 1. The Morgan fingerprint density at radius 1 is 1.56 bits per heavy atom. The number of likely N-dealkylation sites (tertiary alicyclic amines) is 1. The average molecular weight is 270 g/mol. The number of amides is 1. The molecule has 18 heavy (non-hydrogen) atoms. The summed E-state index contributed by atoms with van der Waals surface area (Å²) in [5, 5.41) is 9.02. The Morgan fingerprint density at radius 3 is 2.83 bits per heavy atom. The topological polar surface area (TPSA) is 87.6 Å². The van der Waals surface area contributed by atoms with E-state index in [1.165, 1.54) is 29.5 Å². The first-order valence-electron chi connectivity index (χ1n) is 5.51. The van der Waals surface area contributed by atoms with Crippen LogP contribution in [0.15, 0.2) is 18.3 Å². The number of sulfone groups is 1. The molecule has 0 radical (unpaired) electrons. The third-order valence-electron chi connectivity index (χ3n) is 3.03. The fourth-order valence-electron chi connectivity index (χ4n) is 1.97. The fourth-order valence-corrected chi connectivity index (χ4v) is 2.96. The molecule has 1 N–H and O–H groups in total. The Morgan fingerprint density at radius 2 is 2.28 bits per heavy atom. The largest absolute Gasteiger partial charge is 0.505 e. The molecule has 0 aromatic carbocycles. The van der Waals surface area contributed by atoms with Crippen LogP contribution in [0.5, 0.6) is 5.75 Å². The van der Waals surface area contributed by atoms with Gasteiger partial charge in [-0.05, 0) is 18.6 Å². The minimum atomic E-state index is -3.14. The van der Waals surface area contributed by atoms with E-state index >= 15 is 0 Å². The van der Waals surface area contributed by atoms with Gasteiger partial charge in [-0.1, -0.05) is 0 Å². The molecule has 1 aromatic heterocycles. The van der Waals surface area contributed by atoms with Crippen LogP contribution >= 0.6 is 0 Å². The highest BCUT2D eigenvalue weighted by atomic mass is 32.2. The molecule has 6 nitrogen and oxygen atoms in total. The molecule has 1 saturated heterocycles. The number of pyridine rings is 1. The van der Waals surface area contributed by atoms with Gasteiger partial charge >= 0.3 is 0 Å². The first-order valence-corrected chi connectivity index (χ1v) is 7.47. The summed E-state index contributed by atoms with van der Waals surface area (Å²) >= 11 is 0. The summed E-state index contributed by atoms with van der Waals surface area (Å²) in [6.45, 7) is 0.528. The predicted octanol–water partition coefficient (Wildman–Crippen LogP) is 0.0463. The molecule has 1 fully saturated rings. The van der Waals surface area contributed by atoms with E-state index in [0.717, 1.165) is 0 Å². The maximum atomic E-state index is 12.0. The van der Waals surface area contributed by atoms with Crippen LogP contribution in [0.25, 0.3) is 0 Å². The van der Waals surface area contributed by atoms with E-state index < -0.39 is 21.0 Å². The molecule has 1 unspecified atom stereocenters. The fraction of sp³-hybridized carbons (Fsp3) is 0.455. The van der Waals surface area contributed by atoms with Crippen LogP contribution in [0, 0.1) is 0 Å². The predicted molar refractivity (Wildman–Crippen MR) is 65.1 cm³/mol. The monoisotopic (exact) mass is 270 g/mol. The van der Waals surface area contributed by atoms with Gasteiger partial charge in [0.2, 0.25) is 0 Å². The third kappa shape index (κ3) is 2.45. The number of rotatable bonds is 2. The zero-order valence-electron chi connectivity index (χ0n) is 9.91. The van der Waals surface area contributed by atoms with Crippen LogP contribution in [0.3, 0.4) is 0 Å². The number of hydrogen-bond acceptors (Lipinski definition) is 5. The van der Waals surface area contributed by atoms with Gasteiger partial charge in [-0.2, -0.15) is 0 Å². The molecule has 1 aliphatic heterocycles. The molecule has 0 spiro atoms. The van der Waals surface area contributed by atoms with Crippen LogP contribution in [0.4, 0.5) is 0 Å². The van der Waals surface area contributed by atoms with E-state index in [2.05, 4.69) is 4.98 Å². The Kier molecular flexibility index (Phi) is 3.25. The Hall–Kier alpha value is -1.63. The van der Waals surface area contributed by atoms with Crippen molar-refractivity contribution in [3.05, 3.63) is 24.0 Å². The van der Waals surface area contributed by atoms with Gasteiger partial charge in [-0.15, -0.1) is 0 Å².